The molecule has 0 spiro atoms. The summed E-state index contributed by atoms with van der Waals surface area (Å²) in [6.07, 6.45) is -3.88. The van der Waals surface area contributed by atoms with Crippen molar-refractivity contribution in [3.63, 3.8) is 0 Å². The highest BCUT2D eigenvalue weighted by Gasteiger charge is 2.38. The van der Waals surface area contributed by atoms with E-state index >= 15 is 0 Å². The molecule has 0 aliphatic rings. The van der Waals surface area contributed by atoms with E-state index in [1.165, 1.54) is 23.0 Å². The van der Waals surface area contributed by atoms with Crippen LogP contribution in [0.3, 0.4) is 0 Å². The molecule has 0 atom stereocenters. The van der Waals surface area contributed by atoms with Gasteiger partial charge in [-0.05, 0) is 30.3 Å². The van der Waals surface area contributed by atoms with Crippen molar-refractivity contribution in [2.75, 3.05) is 0 Å². The summed E-state index contributed by atoms with van der Waals surface area (Å²) < 4.78 is 47.4. The number of hydrogen-bond donors (Lipinski definition) is 2. The molecule has 3 aromatic rings. The zero-order valence-corrected chi connectivity index (χ0v) is 14.9. The number of benzene rings is 2. The Kier molecular flexibility index (Phi) is 6.60. The van der Waals surface area contributed by atoms with Gasteiger partial charge in [0.05, 0.1) is 17.6 Å². The van der Waals surface area contributed by atoms with Gasteiger partial charge in [-0.15, -0.1) is 0 Å². The zero-order valence-electron chi connectivity index (χ0n) is 14.2. The Morgan fingerprint density at radius 1 is 1.03 bits per heavy atom. The molecule has 6 nitrogen and oxygen atoms in total. The van der Waals surface area contributed by atoms with Crippen molar-refractivity contribution in [3.05, 3.63) is 71.1 Å². The van der Waals surface area contributed by atoms with Crippen molar-refractivity contribution >= 4 is 23.5 Å². The third-order valence-electron chi connectivity index (χ3n) is 3.43. The van der Waals surface area contributed by atoms with Crippen LogP contribution in [0.2, 0.25) is 5.02 Å². The Labute approximate surface area is 165 Å². The number of carboxylic acid groups (broad SMARTS) is 2. The predicted octanol–water partition coefficient (Wildman–Crippen LogP) is 4.66. The number of aromatic nitrogens is 2. The number of alkyl halides is 3. The number of carbonyl (C=O) groups is 2. The van der Waals surface area contributed by atoms with E-state index in [0.29, 0.717) is 5.69 Å². The summed E-state index contributed by atoms with van der Waals surface area (Å²) in [5.41, 5.74) is 0.862. The number of aromatic carboxylic acids is 1. The molecule has 0 unspecified atom stereocenters. The monoisotopic (exact) mass is 430 g/mol. The first kappa shape index (κ1) is 21.9. The van der Waals surface area contributed by atoms with Crippen LogP contribution in [0.25, 0.3) is 16.9 Å². The van der Waals surface area contributed by atoms with Crippen LogP contribution in [0.4, 0.5) is 17.6 Å². The molecule has 29 heavy (non-hydrogen) atoms. The summed E-state index contributed by atoms with van der Waals surface area (Å²) in [5, 5.41) is 20.8. The van der Waals surface area contributed by atoms with E-state index in [9.17, 15) is 27.5 Å². The largest absolute Gasteiger partial charge is 0.490 e. The Morgan fingerprint density at radius 2 is 1.62 bits per heavy atom. The van der Waals surface area contributed by atoms with E-state index in [4.69, 9.17) is 21.5 Å². The lowest BCUT2D eigenvalue weighted by Crippen LogP contribution is -2.21. The molecule has 0 bridgehead atoms. The molecular weight excluding hydrogens is 420 g/mol. The van der Waals surface area contributed by atoms with Gasteiger partial charge in [0, 0.05) is 10.6 Å². The summed E-state index contributed by atoms with van der Waals surface area (Å²) in [6, 6.07) is 13.0. The minimum Gasteiger partial charge on any atom is -0.478 e. The third-order valence-corrected chi connectivity index (χ3v) is 3.66. The number of hydrogen-bond acceptors (Lipinski definition) is 3. The highest BCUT2D eigenvalue weighted by Crippen LogP contribution is 2.30. The SMILES string of the molecule is O=C(O)C(F)(F)F.O=C(O)c1cnn(-c2ccccc2)c1-c1ccc(Cl)cc1F. The van der Waals surface area contributed by atoms with Crippen LogP contribution in [0, 0.1) is 5.82 Å². The number of carboxylic acids is 2. The van der Waals surface area contributed by atoms with Gasteiger partial charge in [-0.2, -0.15) is 18.3 Å². The van der Waals surface area contributed by atoms with Crippen LogP contribution in [-0.2, 0) is 4.79 Å². The van der Waals surface area contributed by atoms with Gasteiger partial charge in [0.1, 0.15) is 11.4 Å². The van der Waals surface area contributed by atoms with Crippen LogP contribution in [0.1, 0.15) is 10.4 Å². The maximum absolute atomic E-state index is 14.2. The Hall–Kier alpha value is -3.40. The van der Waals surface area contributed by atoms with E-state index in [1.807, 2.05) is 6.07 Å². The third kappa shape index (κ3) is 5.32. The van der Waals surface area contributed by atoms with Crippen LogP contribution in [0.5, 0.6) is 0 Å². The summed E-state index contributed by atoms with van der Waals surface area (Å²) in [7, 11) is 0. The molecule has 0 amide bonds. The van der Waals surface area contributed by atoms with Gasteiger partial charge in [0.25, 0.3) is 0 Å². The normalized spacial score (nSPS) is 10.8. The summed E-state index contributed by atoms with van der Waals surface area (Å²) in [4.78, 5) is 20.3. The number of rotatable bonds is 3. The molecule has 0 aliphatic heterocycles. The van der Waals surface area contributed by atoms with Crippen LogP contribution in [-0.4, -0.2) is 38.1 Å². The summed E-state index contributed by atoms with van der Waals surface area (Å²) in [6.45, 7) is 0. The van der Waals surface area contributed by atoms with Crippen molar-refractivity contribution in [3.8, 4) is 16.9 Å². The molecule has 2 aromatic carbocycles. The highest BCUT2D eigenvalue weighted by atomic mass is 35.5. The quantitative estimate of drug-likeness (QED) is 0.589. The van der Waals surface area contributed by atoms with E-state index in [0.717, 1.165) is 6.07 Å². The van der Waals surface area contributed by atoms with Gasteiger partial charge in [0.15, 0.2) is 0 Å². The fourth-order valence-corrected chi connectivity index (χ4v) is 2.37. The second-order valence-corrected chi connectivity index (χ2v) is 5.82. The smallest absolute Gasteiger partial charge is 0.478 e. The lowest BCUT2D eigenvalue weighted by atomic mass is 10.1. The van der Waals surface area contributed by atoms with Crippen LogP contribution in [0.15, 0.2) is 54.7 Å². The molecule has 0 saturated heterocycles. The molecule has 1 aromatic heterocycles. The average molecular weight is 431 g/mol. The van der Waals surface area contributed by atoms with Crippen molar-refractivity contribution in [1.82, 2.24) is 9.78 Å². The minimum absolute atomic E-state index is 0.0786. The van der Waals surface area contributed by atoms with Gasteiger partial charge in [-0.1, -0.05) is 29.8 Å². The van der Waals surface area contributed by atoms with Gasteiger partial charge < -0.3 is 10.2 Å². The number of nitrogens with zero attached hydrogens (tertiary/aromatic N) is 2. The predicted molar refractivity (Wildman–Crippen MR) is 94.6 cm³/mol. The van der Waals surface area contributed by atoms with Crippen molar-refractivity contribution < 1.29 is 37.4 Å². The first-order valence-electron chi connectivity index (χ1n) is 7.64. The number of halogens is 5. The average Bonchev–Trinajstić information content (AvgIpc) is 3.07. The first-order chi connectivity index (χ1) is 13.5. The number of para-hydroxylation sites is 1. The maximum atomic E-state index is 14.2. The molecule has 0 radical (unpaired) electrons. The highest BCUT2D eigenvalue weighted by molar-refractivity contribution is 6.30. The van der Waals surface area contributed by atoms with Gasteiger partial charge in [-0.3, -0.25) is 0 Å². The fraction of sp³-hybridized carbons (Fsp3) is 0.0556. The topological polar surface area (TPSA) is 92.4 Å². The van der Waals surface area contributed by atoms with E-state index < -0.39 is 23.9 Å². The molecule has 1 heterocycles. The van der Waals surface area contributed by atoms with E-state index in [1.54, 1.807) is 24.3 Å². The van der Waals surface area contributed by atoms with Gasteiger partial charge in [-0.25, -0.2) is 18.7 Å². The Balaban J connectivity index is 0.000000370. The summed E-state index contributed by atoms with van der Waals surface area (Å²) >= 11 is 5.76. The first-order valence-corrected chi connectivity index (χ1v) is 8.02. The molecule has 0 saturated carbocycles. The van der Waals surface area contributed by atoms with Gasteiger partial charge >= 0.3 is 18.1 Å². The second-order valence-electron chi connectivity index (χ2n) is 5.39. The van der Waals surface area contributed by atoms with Gasteiger partial charge in [0.2, 0.25) is 0 Å². The van der Waals surface area contributed by atoms with Crippen molar-refractivity contribution in [2.45, 2.75) is 6.18 Å². The van der Waals surface area contributed by atoms with Crippen LogP contribution >= 0.6 is 11.6 Å². The Bertz CT molecular complexity index is 1040. The molecule has 0 aliphatic carbocycles. The Morgan fingerprint density at radius 3 is 2.10 bits per heavy atom. The van der Waals surface area contributed by atoms with Crippen molar-refractivity contribution in [1.29, 1.82) is 0 Å². The molecule has 11 heteroatoms. The second kappa shape index (κ2) is 8.74. The lowest BCUT2D eigenvalue weighted by molar-refractivity contribution is -0.192. The van der Waals surface area contributed by atoms with E-state index in [-0.39, 0.29) is 21.8 Å². The molecule has 2 N–H and O–H groups in total. The molecule has 0 fully saturated rings. The maximum Gasteiger partial charge on any atom is 0.490 e. The summed E-state index contributed by atoms with van der Waals surface area (Å²) in [5.74, 6) is -4.54. The fourth-order valence-electron chi connectivity index (χ4n) is 2.21. The zero-order chi connectivity index (χ0) is 21.8. The standard InChI is InChI=1S/C16H10ClFN2O2.C2HF3O2/c17-10-6-7-12(14(18)8-10)15-13(16(21)22)9-19-20(15)11-4-2-1-3-5-11;3-2(4,5)1(6)7/h1-9H,(H,21,22);(H,6,7). The lowest BCUT2D eigenvalue weighted by Gasteiger charge is -2.10. The molecular formula is C18H11ClF4N2O4. The minimum atomic E-state index is -5.08. The molecule has 152 valence electrons. The van der Waals surface area contributed by atoms with Crippen LogP contribution < -0.4 is 0 Å². The molecule has 3 rings (SSSR count). The van der Waals surface area contributed by atoms with E-state index in [2.05, 4.69) is 5.10 Å². The number of aliphatic carboxylic acids is 1. The van der Waals surface area contributed by atoms with Crippen molar-refractivity contribution in [2.24, 2.45) is 0 Å².